The van der Waals surface area contributed by atoms with Gasteiger partial charge >= 0.3 is 5.97 Å². The van der Waals surface area contributed by atoms with Gasteiger partial charge in [-0.3, -0.25) is 9.59 Å². The quantitative estimate of drug-likeness (QED) is 0.408. The summed E-state index contributed by atoms with van der Waals surface area (Å²) in [6.45, 7) is 3.24. The molecule has 0 bridgehead atoms. The second kappa shape index (κ2) is 15.1. The van der Waals surface area contributed by atoms with Gasteiger partial charge in [0.25, 0.3) is 0 Å². The number of amides is 1. The summed E-state index contributed by atoms with van der Waals surface area (Å²) in [7, 11) is 0. The minimum Gasteiger partial charge on any atom is -0.493 e. The zero-order valence-electron chi connectivity index (χ0n) is 16.7. The van der Waals surface area contributed by atoms with Gasteiger partial charge in [0.05, 0.1) is 13.0 Å². The van der Waals surface area contributed by atoms with E-state index in [4.69, 9.17) is 9.84 Å². The summed E-state index contributed by atoms with van der Waals surface area (Å²) in [6.07, 6.45) is 10.2. The van der Waals surface area contributed by atoms with Crippen LogP contribution in [-0.4, -0.2) is 30.1 Å². The molecule has 0 radical (unpaired) electrons. The Hall–Kier alpha value is -2.04. The lowest BCUT2D eigenvalue weighted by Gasteiger charge is -2.08. The van der Waals surface area contributed by atoms with Crippen molar-refractivity contribution in [2.45, 2.75) is 77.6 Å². The molecular weight excluding hydrogens is 342 g/mol. The smallest absolute Gasteiger partial charge is 0.303 e. The van der Waals surface area contributed by atoms with Crippen LogP contribution in [0.15, 0.2) is 24.3 Å². The summed E-state index contributed by atoms with van der Waals surface area (Å²) in [4.78, 5) is 22.2. The Labute approximate surface area is 163 Å². The minimum absolute atomic E-state index is 0.0404. The zero-order valence-corrected chi connectivity index (χ0v) is 16.7. The van der Waals surface area contributed by atoms with Crippen molar-refractivity contribution in [1.82, 2.24) is 5.32 Å². The van der Waals surface area contributed by atoms with E-state index in [2.05, 4.69) is 12.2 Å². The van der Waals surface area contributed by atoms with Crippen LogP contribution in [0.3, 0.4) is 0 Å². The van der Waals surface area contributed by atoms with E-state index in [0.717, 1.165) is 50.8 Å². The molecule has 0 spiro atoms. The molecule has 0 atom stereocenters. The number of nitrogens with one attached hydrogen (secondary N) is 1. The maximum absolute atomic E-state index is 11.8. The lowest BCUT2D eigenvalue weighted by molar-refractivity contribution is -0.137. The number of unbranched alkanes of at least 4 members (excludes halogenated alkanes) is 7. The van der Waals surface area contributed by atoms with Crippen molar-refractivity contribution < 1.29 is 19.4 Å². The molecule has 5 heteroatoms. The largest absolute Gasteiger partial charge is 0.493 e. The fourth-order valence-electron chi connectivity index (χ4n) is 2.86. The first-order chi connectivity index (χ1) is 13.1. The first-order valence-corrected chi connectivity index (χ1v) is 10.3. The molecule has 152 valence electrons. The van der Waals surface area contributed by atoms with Crippen molar-refractivity contribution in [1.29, 1.82) is 0 Å². The van der Waals surface area contributed by atoms with E-state index >= 15 is 0 Å². The van der Waals surface area contributed by atoms with Crippen molar-refractivity contribution in [2.24, 2.45) is 0 Å². The Morgan fingerprint density at radius 1 is 0.889 bits per heavy atom. The third kappa shape index (κ3) is 12.9. The number of carboxylic acids is 1. The molecule has 0 heterocycles. The van der Waals surface area contributed by atoms with Crippen LogP contribution in [0.2, 0.25) is 0 Å². The van der Waals surface area contributed by atoms with Crippen LogP contribution in [0.1, 0.15) is 76.7 Å². The molecule has 0 aliphatic rings. The molecule has 1 amide bonds. The van der Waals surface area contributed by atoms with E-state index in [9.17, 15) is 9.59 Å². The molecule has 1 aromatic carbocycles. The number of aliphatic carboxylic acids is 1. The molecule has 0 aromatic heterocycles. The van der Waals surface area contributed by atoms with Crippen molar-refractivity contribution in [3.05, 3.63) is 29.8 Å². The molecule has 27 heavy (non-hydrogen) atoms. The highest BCUT2D eigenvalue weighted by molar-refractivity contribution is 5.75. The lowest BCUT2D eigenvalue weighted by Crippen LogP contribution is -2.25. The Bertz CT molecular complexity index is 528. The molecule has 0 saturated carbocycles. The van der Waals surface area contributed by atoms with Crippen molar-refractivity contribution in [3.63, 3.8) is 0 Å². The van der Waals surface area contributed by atoms with Crippen molar-refractivity contribution in [2.75, 3.05) is 13.2 Å². The fourth-order valence-corrected chi connectivity index (χ4v) is 2.86. The third-order valence-electron chi connectivity index (χ3n) is 4.57. The second-order valence-corrected chi connectivity index (χ2v) is 6.92. The summed E-state index contributed by atoms with van der Waals surface area (Å²) in [5.41, 5.74) is 1.28. The average molecular weight is 378 g/mol. The van der Waals surface area contributed by atoms with Crippen LogP contribution in [0.25, 0.3) is 0 Å². The van der Waals surface area contributed by atoms with E-state index in [1.54, 1.807) is 0 Å². The number of carbonyl (C=O) groups is 2. The van der Waals surface area contributed by atoms with Gasteiger partial charge in [-0.2, -0.15) is 0 Å². The number of hydrogen-bond donors (Lipinski definition) is 2. The van der Waals surface area contributed by atoms with Crippen LogP contribution in [0.4, 0.5) is 0 Å². The molecule has 0 unspecified atom stereocenters. The summed E-state index contributed by atoms with van der Waals surface area (Å²) < 4.78 is 5.60. The molecule has 0 saturated heterocycles. The molecule has 0 fully saturated rings. The molecule has 2 N–H and O–H groups in total. The van der Waals surface area contributed by atoms with Gasteiger partial charge in [0.2, 0.25) is 5.91 Å². The topological polar surface area (TPSA) is 75.6 Å². The van der Waals surface area contributed by atoms with Gasteiger partial charge in [-0.1, -0.05) is 57.6 Å². The third-order valence-corrected chi connectivity index (χ3v) is 4.57. The number of benzene rings is 1. The van der Waals surface area contributed by atoms with E-state index in [1.165, 1.54) is 24.8 Å². The molecule has 5 nitrogen and oxygen atoms in total. The lowest BCUT2D eigenvalue weighted by atomic mass is 10.1. The minimum atomic E-state index is -0.700. The van der Waals surface area contributed by atoms with E-state index in [0.29, 0.717) is 13.0 Å². The standard InChI is InChI=1S/C22H35NO4/c1-2-19-12-14-20(15-13-19)27-18-16-21(24)23-17-10-8-6-4-3-5-7-9-11-22(25)26/h12-15H,2-11,16-18H2,1H3,(H,23,24)(H,25,26). The fraction of sp³-hybridized carbons (Fsp3) is 0.636. The average Bonchev–Trinajstić information content (AvgIpc) is 2.66. The normalized spacial score (nSPS) is 10.6. The van der Waals surface area contributed by atoms with Crippen LogP contribution in [-0.2, 0) is 16.0 Å². The highest BCUT2D eigenvalue weighted by Gasteiger charge is 2.02. The van der Waals surface area contributed by atoms with E-state index in [1.807, 2.05) is 24.3 Å². The van der Waals surface area contributed by atoms with Crippen LogP contribution in [0, 0.1) is 0 Å². The Kier molecular flexibility index (Phi) is 12.8. The number of ether oxygens (including phenoxy) is 1. The van der Waals surface area contributed by atoms with Gasteiger partial charge in [0.1, 0.15) is 5.75 Å². The second-order valence-electron chi connectivity index (χ2n) is 6.92. The highest BCUT2D eigenvalue weighted by atomic mass is 16.5. The summed E-state index contributed by atoms with van der Waals surface area (Å²) in [5.74, 6) is 0.149. The molecule has 0 aliphatic carbocycles. The zero-order chi connectivity index (χ0) is 19.7. The van der Waals surface area contributed by atoms with Gasteiger partial charge in [0, 0.05) is 13.0 Å². The Balaban J connectivity index is 1.88. The maximum atomic E-state index is 11.8. The molecular formula is C22H35NO4. The van der Waals surface area contributed by atoms with Crippen LogP contribution in [0.5, 0.6) is 5.75 Å². The van der Waals surface area contributed by atoms with Gasteiger partial charge in [-0.05, 0) is 37.0 Å². The predicted molar refractivity (Wildman–Crippen MR) is 108 cm³/mol. The van der Waals surface area contributed by atoms with Gasteiger partial charge < -0.3 is 15.2 Å². The highest BCUT2D eigenvalue weighted by Crippen LogP contribution is 2.12. The van der Waals surface area contributed by atoms with E-state index < -0.39 is 5.97 Å². The van der Waals surface area contributed by atoms with Crippen LogP contribution >= 0.6 is 0 Å². The van der Waals surface area contributed by atoms with Gasteiger partial charge in [-0.15, -0.1) is 0 Å². The number of hydrogen-bond acceptors (Lipinski definition) is 3. The van der Waals surface area contributed by atoms with Gasteiger partial charge in [0.15, 0.2) is 0 Å². The maximum Gasteiger partial charge on any atom is 0.303 e. The Morgan fingerprint density at radius 3 is 2.07 bits per heavy atom. The number of aryl methyl sites for hydroxylation is 1. The molecule has 1 aromatic rings. The number of carboxylic acid groups (broad SMARTS) is 1. The first kappa shape index (κ1) is 23.0. The summed E-state index contributed by atoms with van der Waals surface area (Å²) >= 11 is 0. The van der Waals surface area contributed by atoms with Crippen molar-refractivity contribution >= 4 is 11.9 Å². The van der Waals surface area contributed by atoms with Crippen LogP contribution < -0.4 is 10.1 Å². The van der Waals surface area contributed by atoms with E-state index in [-0.39, 0.29) is 12.3 Å². The molecule has 1 rings (SSSR count). The predicted octanol–water partition coefficient (Wildman–Crippen LogP) is 4.73. The SMILES string of the molecule is CCc1ccc(OCCC(=O)NCCCCCCCCCCC(=O)O)cc1. The Morgan fingerprint density at radius 2 is 1.48 bits per heavy atom. The first-order valence-electron chi connectivity index (χ1n) is 10.3. The summed E-state index contributed by atoms with van der Waals surface area (Å²) in [6, 6.07) is 7.99. The number of carbonyl (C=O) groups excluding carboxylic acids is 1. The van der Waals surface area contributed by atoms with Crippen molar-refractivity contribution in [3.8, 4) is 5.75 Å². The van der Waals surface area contributed by atoms with Gasteiger partial charge in [-0.25, -0.2) is 0 Å². The summed E-state index contributed by atoms with van der Waals surface area (Å²) in [5, 5.41) is 11.5. The molecule has 0 aliphatic heterocycles. The monoisotopic (exact) mass is 377 g/mol. The number of rotatable bonds is 16.